The van der Waals surface area contributed by atoms with Crippen molar-refractivity contribution < 1.29 is 0 Å². The summed E-state index contributed by atoms with van der Waals surface area (Å²) in [7, 11) is 0. The molecule has 0 radical (unpaired) electrons. The number of fused-ring (bicyclic) bond motifs is 6. The molecule has 49 heavy (non-hydrogen) atoms. The molecule has 9 rings (SSSR count). The highest BCUT2D eigenvalue weighted by Crippen LogP contribution is 2.57. The van der Waals surface area contributed by atoms with Gasteiger partial charge in [-0.25, -0.2) is 0 Å². The number of nitrogens with zero attached hydrogens (tertiary/aromatic N) is 3. The lowest BCUT2D eigenvalue weighted by atomic mass is 9.72. The normalized spacial score (nSPS) is 17.2. The molecule has 0 aromatic heterocycles. The molecule has 0 spiro atoms. The van der Waals surface area contributed by atoms with Crippen LogP contribution >= 0.6 is 22.9 Å². The van der Waals surface area contributed by atoms with Gasteiger partial charge in [-0.2, -0.15) is 0 Å². The van der Waals surface area contributed by atoms with Gasteiger partial charge in [-0.3, -0.25) is 3.11 Å². The molecule has 0 atom stereocenters. The maximum atomic E-state index is 2.50. The highest BCUT2D eigenvalue weighted by atomic mass is 127. The lowest BCUT2D eigenvalue weighted by Gasteiger charge is -2.44. The highest BCUT2D eigenvalue weighted by Gasteiger charge is 2.41. The van der Waals surface area contributed by atoms with E-state index < -0.39 is 0 Å². The van der Waals surface area contributed by atoms with Crippen LogP contribution in [0.25, 0.3) is 0 Å². The first-order valence-corrected chi connectivity index (χ1v) is 18.2. The second kappa shape index (κ2) is 10.5. The van der Waals surface area contributed by atoms with Gasteiger partial charge in [0.15, 0.2) is 0 Å². The van der Waals surface area contributed by atoms with E-state index in [9.17, 15) is 0 Å². The Morgan fingerprint density at radius 1 is 0.347 bits per heavy atom. The minimum absolute atomic E-state index is 0.0909. The summed E-state index contributed by atoms with van der Waals surface area (Å²) in [6.45, 7) is 14.2. The fraction of sp³-hybridized carbons (Fsp3) is 0.200. The number of hydrogen-bond acceptors (Lipinski definition) is 3. The largest absolute Gasteiger partial charge is 0.310 e. The monoisotopic (exact) mass is 749 g/mol. The zero-order chi connectivity index (χ0) is 33.9. The Hall–Kier alpha value is -4.55. The van der Waals surface area contributed by atoms with Crippen molar-refractivity contribution in [3.8, 4) is 0 Å². The molecule has 6 aromatic rings. The Kier molecular flexibility index (Phi) is 6.52. The van der Waals surface area contributed by atoms with Crippen molar-refractivity contribution in [2.75, 3.05) is 12.9 Å². The van der Waals surface area contributed by atoms with Crippen LogP contribution in [-0.2, 0) is 16.2 Å². The van der Waals surface area contributed by atoms with Gasteiger partial charge in [0.05, 0.1) is 57.0 Å². The fourth-order valence-corrected chi connectivity index (χ4v) is 9.68. The molecular formula is C45H40IN3. The molecule has 4 heteroatoms. The van der Waals surface area contributed by atoms with Gasteiger partial charge in [0, 0.05) is 27.6 Å². The van der Waals surface area contributed by atoms with Gasteiger partial charge in [-0.15, -0.1) is 0 Å². The first kappa shape index (κ1) is 30.5. The van der Waals surface area contributed by atoms with Crippen LogP contribution in [0.3, 0.4) is 0 Å². The van der Waals surface area contributed by atoms with E-state index in [0.29, 0.717) is 0 Å². The second-order valence-electron chi connectivity index (χ2n) is 15.3. The lowest BCUT2D eigenvalue weighted by molar-refractivity contribution is 0.628. The predicted octanol–water partition coefficient (Wildman–Crippen LogP) is 13.0. The van der Waals surface area contributed by atoms with E-state index in [1.807, 2.05) is 0 Å². The second-order valence-corrected chi connectivity index (χ2v) is 16.3. The zero-order valence-corrected chi connectivity index (χ0v) is 31.1. The summed E-state index contributed by atoms with van der Waals surface area (Å²) in [5, 5.41) is 0. The van der Waals surface area contributed by atoms with Gasteiger partial charge < -0.3 is 9.80 Å². The molecule has 0 saturated heterocycles. The molecule has 3 nitrogen and oxygen atoms in total. The third kappa shape index (κ3) is 4.19. The standard InChI is InChI=1S/C45H40IN3/c1-43(2)31-15-7-11-19-37(31)47(38-20-12-8-16-32(38)43)29-23-25-41-35(27-29)45(5,6)36-28-30(24-26-42(36)49(41)46)48-39-21-13-9-17-33(39)44(3,4)34-18-10-14-22-40(34)48/h7-28H,1-6H3. The molecule has 3 heterocycles. The van der Waals surface area contributed by atoms with Crippen LogP contribution < -0.4 is 12.9 Å². The summed E-state index contributed by atoms with van der Waals surface area (Å²) in [6, 6.07) is 49.8. The first-order valence-electron chi connectivity index (χ1n) is 17.2. The Morgan fingerprint density at radius 2 is 0.633 bits per heavy atom. The molecule has 242 valence electrons. The van der Waals surface area contributed by atoms with Crippen molar-refractivity contribution in [2.24, 2.45) is 0 Å². The fourth-order valence-electron chi connectivity index (χ4n) is 8.84. The quantitative estimate of drug-likeness (QED) is 0.129. The van der Waals surface area contributed by atoms with Crippen LogP contribution in [0.15, 0.2) is 133 Å². The van der Waals surface area contributed by atoms with Crippen molar-refractivity contribution in [1.29, 1.82) is 0 Å². The first-order chi connectivity index (χ1) is 23.5. The molecule has 0 aliphatic carbocycles. The number of benzene rings is 6. The summed E-state index contributed by atoms with van der Waals surface area (Å²) in [6.07, 6.45) is 0. The SMILES string of the molecule is CC1(C)c2cc(N3c4ccccc4C(C)(C)c4ccccc43)ccc2N(I)c2ccc(N3c4ccccc4C(C)(C)c4ccccc43)cc21. The number of para-hydroxylation sites is 4. The third-order valence-corrected chi connectivity index (χ3v) is 12.6. The molecule has 0 N–H and O–H groups in total. The molecular weight excluding hydrogens is 709 g/mol. The van der Waals surface area contributed by atoms with E-state index in [-0.39, 0.29) is 16.2 Å². The summed E-state index contributed by atoms with van der Waals surface area (Å²) in [5.74, 6) is 0. The van der Waals surface area contributed by atoms with Gasteiger partial charge >= 0.3 is 0 Å². The van der Waals surface area contributed by atoms with E-state index in [4.69, 9.17) is 0 Å². The van der Waals surface area contributed by atoms with E-state index in [2.05, 4.69) is 211 Å². The minimum atomic E-state index is -0.249. The summed E-state index contributed by atoms with van der Waals surface area (Å²) in [4.78, 5) is 4.94. The summed E-state index contributed by atoms with van der Waals surface area (Å²) in [5.41, 5.74) is 17.5. The van der Waals surface area contributed by atoms with Gasteiger partial charge in [0.2, 0.25) is 0 Å². The van der Waals surface area contributed by atoms with Crippen molar-refractivity contribution >= 4 is 68.4 Å². The highest BCUT2D eigenvalue weighted by molar-refractivity contribution is 14.1. The molecule has 3 aliphatic rings. The van der Waals surface area contributed by atoms with Crippen molar-refractivity contribution in [2.45, 2.75) is 57.8 Å². The van der Waals surface area contributed by atoms with Gasteiger partial charge in [0.25, 0.3) is 0 Å². The molecule has 0 fully saturated rings. The zero-order valence-electron chi connectivity index (χ0n) is 28.9. The Bertz CT molecular complexity index is 2060. The third-order valence-electron chi connectivity index (χ3n) is 11.5. The molecule has 0 amide bonds. The van der Waals surface area contributed by atoms with Crippen LogP contribution in [-0.4, -0.2) is 0 Å². The molecule has 0 bridgehead atoms. The maximum absolute atomic E-state index is 2.50. The van der Waals surface area contributed by atoms with Gasteiger partial charge in [0.1, 0.15) is 0 Å². The van der Waals surface area contributed by atoms with Crippen LogP contribution in [0, 0.1) is 0 Å². The Labute approximate surface area is 304 Å². The molecule has 0 saturated carbocycles. The molecule has 0 unspecified atom stereocenters. The van der Waals surface area contributed by atoms with Crippen LogP contribution in [0.4, 0.5) is 45.5 Å². The van der Waals surface area contributed by atoms with E-state index >= 15 is 0 Å². The number of halogens is 1. The smallest absolute Gasteiger partial charge is 0.0646 e. The van der Waals surface area contributed by atoms with E-state index in [1.165, 1.54) is 78.9 Å². The van der Waals surface area contributed by atoms with Crippen LogP contribution in [0.2, 0.25) is 0 Å². The number of rotatable bonds is 2. The molecule has 3 aliphatic heterocycles. The van der Waals surface area contributed by atoms with Crippen LogP contribution in [0.1, 0.15) is 74.9 Å². The lowest BCUT2D eigenvalue weighted by Crippen LogP contribution is -2.32. The summed E-state index contributed by atoms with van der Waals surface area (Å²) >= 11 is 2.50. The van der Waals surface area contributed by atoms with E-state index in [0.717, 1.165) is 0 Å². The van der Waals surface area contributed by atoms with Crippen molar-refractivity contribution in [3.05, 3.63) is 167 Å². The predicted molar refractivity (Wildman–Crippen MR) is 215 cm³/mol. The average molecular weight is 750 g/mol. The van der Waals surface area contributed by atoms with Crippen LogP contribution in [0.5, 0.6) is 0 Å². The molecule has 6 aromatic carbocycles. The summed E-state index contributed by atoms with van der Waals surface area (Å²) < 4.78 is 2.35. The average Bonchev–Trinajstić information content (AvgIpc) is 3.11. The maximum Gasteiger partial charge on any atom is 0.0646 e. The van der Waals surface area contributed by atoms with Gasteiger partial charge in [-0.05, 0) is 94.0 Å². The Morgan fingerprint density at radius 3 is 0.959 bits per heavy atom. The number of anilines is 8. The van der Waals surface area contributed by atoms with Crippen molar-refractivity contribution in [1.82, 2.24) is 0 Å². The van der Waals surface area contributed by atoms with Gasteiger partial charge in [-0.1, -0.05) is 114 Å². The van der Waals surface area contributed by atoms with Crippen molar-refractivity contribution in [3.63, 3.8) is 0 Å². The minimum Gasteiger partial charge on any atom is -0.310 e. The topological polar surface area (TPSA) is 9.72 Å². The van der Waals surface area contributed by atoms with E-state index in [1.54, 1.807) is 0 Å². The number of hydrogen-bond donors (Lipinski definition) is 0. The Balaban J connectivity index is 1.20.